The fraction of sp³-hybridized carbons (Fsp3) is 0.519. The first-order valence-corrected chi connectivity index (χ1v) is 11.6. The molecule has 0 aromatic heterocycles. The Labute approximate surface area is 192 Å². The first kappa shape index (κ1) is 24.4. The van der Waals surface area contributed by atoms with E-state index in [2.05, 4.69) is 48.5 Å². The van der Waals surface area contributed by atoms with E-state index in [1.807, 2.05) is 26.8 Å². The Kier molecular flexibility index (Phi) is 9.27. The standard InChI is InChI=1S/C27H36O5/c1-27(2,3)32-25(28)20-29-17-15-22-12-9-13-23(18-22)24(19-21-10-5-4-6-11-21)31-26-14-7-8-16-30-26/h4-6,9-13,18,24,26H,7-8,14-17,19-20H2,1-3H3/t24-,26?/m0/s1. The Hall–Kier alpha value is -2.21. The molecule has 0 aliphatic carbocycles. The Morgan fingerprint density at radius 3 is 2.56 bits per heavy atom. The van der Waals surface area contributed by atoms with Crippen LogP contribution in [0.3, 0.4) is 0 Å². The maximum absolute atomic E-state index is 11.8. The molecule has 1 saturated heterocycles. The van der Waals surface area contributed by atoms with Crippen molar-refractivity contribution in [2.45, 2.75) is 70.9 Å². The summed E-state index contributed by atoms with van der Waals surface area (Å²) in [6.45, 7) is 6.74. The van der Waals surface area contributed by atoms with Gasteiger partial charge < -0.3 is 18.9 Å². The lowest BCUT2D eigenvalue weighted by Crippen LogP contribution is -2.26. The summed E-state index contributed by atoms with van der Waals surface area (Å²) in [5.74, 6) is -0.338. The summed E-state index contributed by atoms with van der Waals surface area (Å²) >= 11 is 0. The first-order chi connectivity index (χ1) is 15.4. The molecule has 5 heteroatoms. The van der Waals surface area contributed by atoms with Gasteiger partial charge in [-0.1, -0.05) is 54.6 Å². The molecule has 0 radical (unpaired) electrons. The van der Waals surface area contributed by atoms with Gasteiger partial charge in [0.05, 0.1) is 12.7 Å². The predicted octanol–water partition coefficient (Wildman–Crippen LogP) is 5.41. The van der Waals surface area contributed by atoms with E-state index in [-0.39, 0.29) is 25.0 Å². The zero-order valence-corrected chi connectivity index (χ0v) is 19.5. The molecule has 2 aromatic rings. The van der Waals surface area contributed by atoms with Crippen LogP contribution in [0.4, 0.5) is 0 Å². The molecule has 0 amide bonds. The Morgan fingerprint density at radius 2 is 1.84 bits per heavy atom. The number of carbonyl (C=O) groups excluding carboxylic acids is 1. The molecule has 0 saturated carbocycles. The number of ether oxygens (including phenoxy) is 4. The lowest BCUT2D eigenvalue weighted by Gasteiger charge is -2.28. The van der Waals surface area contributed by atoms with Crippen molar-refractivity contribution in [3.63, 3.8) is 0 Å². The average Bonchev–Trinajstić information content (AvgIpc) is 2.77. The van der Waals surface area contributed by atoms with Crippen LogP contribution in [-0.4, -0.2) is 37.7 Å². The summed E-state index contributed by atoms with van der Waals surface area (Å²) in [4.78, 5) is 11.8. The number of hydrogen-bond acceptors (Lipinski definition) is 5. The van der Waals surface area contributed by atoms with Gasteiger partial charge in [0.15, 0.2) is 6.29 Å². The van der Waals surface area contributed by atoms with Gasteiger partial charge in [-0.2, -0.15) is 0 Å². The topological polar surface area (TPSA) is 54.0 Å². The Balaban J connectivity index is 1.59. The highest BCUT2D eigenvalue weighted by atomic mass is 16.7. The van der Waals surface area contributed by atoms with E-state index in [9.17, 15) is 4.79 Å². The zero-order valence-electron chi connectivity index (χ0n) is 19.5. The first-order valence-electron chi connectivity index (χ1n) is 11.6. The van der Waals surface area contributed by atoms with Gasteiger partial charge in [-0.15, -0.1) is 0 Å². The smallest absolute Gasteiger partial charge is 0.332 e. The van der Waals surface area contributed by atoms with E-state index in [1.165, 1.54) is 5.56 Å². The van der Waals surface area contributed by atoms with E-state index in [0.29, 0.717) is 13.0 Å². The highest BCUT2D eigenvalue weighted by Crippen LogP contribution is 2.28. The predicted molar refractivity (Wildman–Crippen MR) is 124 cm³/mol. The van der Waals surface area contributed by atoms with Crippen LogP contribution in [0.2, 0.25) is 0 Å². The lowest BCUT2D eigenvalue weighted by atomic mass is 9.98. The van der Waals surface area contributed by atoms with E-state index in [4.69, 9.17) is 18.9 Å². The van der Waals surface area contributed by atoms with Crippen molar-refractivity contribution in [2.24, 2.45) is 0 Å². The molecule has 1 fully saturated rings. The molecule has 0 bridgehead atoms. The molecule has 32 heavy (non-hydrogen) atoms. The second-order valence-electron chi connectivity index (χ2n) is 9.24. The van der Waals surface area contributed by atoms with Crippen molar-refractivity contribution in [2.75, 3.05) is 19.8 Å². The minimum absolute atomic E-state index is 0.0320. The van der Waals surface area contributed by atoms with Crippen LogP contribution in [-0.2, 0) is 36.6 Å². The van der Waals surface area contributed by atoms with Gasteiger partial charge in [0.2, 0.25) is 0 Å². The molecule has 0 N–H and O–H groups in total. The molecule has 1 heterocycles. The van der Waals surface area contributed by atoms with Crippen LogP contribution in [0.15, 0.2) is 54.6 Å². The highest BCUT2D eigenvalue weighted by molar-refractivity contribution is 5.71. The van der Waals surface area contributed by atoms with Crippen molar-refractivity contribution in [3.05, 3.63) is 71.3 Å². The molecule has 1 unspecified atom stereocenters. The fourth-order valence-corrected chi connectivity index (χ4v) is 3.74. The second kappa shape index (κ2) is 12.1. The molecule has 1 aliphatic rings. The van der Waals surface area contributed by atoms with Gasteiger partial charge in [-0.25, -0.2) is 4.79 Å². The summed E-state index contributed by atoms with van der Waals surface area (Å²) in [6, 6.07) is 18.8. The SMILES string of the molecule is CC(C)(C)OC(=O)COCCc1cccc([C@H](Cc2ccccc2)OC2CCCCO2)c1. The molecular formula is C27H36O5. The average molecular weight is 441 g/mol. The van der Waals surface area contributed by atoms with Crippen molar-refractivity contribution in [1.82, 2.24) is 0 Å². The minimum Gasteiger partial charge on any atom is -0.458 e. The summed E-state index contributed by atoms with van der Waals surface area (Å²) in [5.41, 5.74) is 3.02. The molecular weight excluding hydrogens is 404 g/mol. The van der Waals surface area contributed by atoms with Crippen LogP contribution in [0.5, 0.6) is 0 Å². The van der Waals surface area contributed by atoms with Gasteiger partial charge in [-0.3, -0.25) is 0 Å². The molecule has 1 aliphatic heterocycles. The summed E-state index contributed by atoms with van der Waals surface area (Å²) in [6.07, 6.45) is 4.44. The van der Waals surface area contributed by atoms with Crippen LogP contribution >= 0.6 is 0 Å². The number of esters is 1. The van der Waals surface area contributed by atoms with Crippen molar-refractivity contribution in [1.29, 1.82) is 0 Å². The number of rotatable bonds is 10. The van der Waals surface area contributed by atoms with Gasteiger partial charge in [0.1, 0.15) is 12.2 Å². The highest BCUT2D eigenvalue weighted by Gasteiger charge is 2.22. The van der Waals surface area contributed by atoms with Gasteiger partial charge in [0.25, 0.3) is 0 Å². The third-order valence-electron chi connectivity index (χ3n) is 5.22. The largest absolute Gasteiger partial charge is 0.458 e. The third kappa shape index (κ3) is 8.73. The summed E-state index contributed by atoms with van der Waals surface area (Å²) < 4.78 is 23.1. The van der Waals surface area contributed by atoms with Crippen molar-refractivity contribution in [3.8, 4) is 0 Å². The minimum atomic E-state index is -0.495. The quantitative estimate of drug-likeness (QED) is 0.365. The van der Waals surface area contributed by atoms with Crippen LogP contribution < -0.4 is 0 Å². The van der Waals surface area contributed by atoms with Crippen molar-refractivity contribution < 1.29 is 23.7 Å². The molecule has 174 valence electrons. The maximum Gasteiger partial charge on any atom is 0.332 e. The lowest BCUT2D eigenvalue weighted by molar-refractivity contribution is -0.189. The molecule has 2 atom stereocenters. The van der Waals surface area contributed by atoms with Crippen molar-refractivity contribution >= 4 is 5.97 Å². The van der Waals surface area contributed by atoms with E-state index < -0.39 is 5.60 Å². The number of benzene rings is 2. The Morgan fingerprint density at radius 1 is 1.06 bits per heavy atom. The maximum atomic E-state index is 11.8. The second-order valence-corrected chi connectivity index (χ2v) is 9.24. The summed E-state index contributed by atoms with van der Waals surface area (Å²) in [5, 5.41) is 0. The van der Waals surface area contributed by atoms with E-state index in [1.54, 1.807) is 0 Å². The van der Waals surface area contributed by atoms with Crippen LogP contribution in [0, 0.1) is 0 Å². The van der Waals surface area contributed by atoms with Crippen LogP contribution in [0.1, 0.15) is 62.8 Å². The van der Waals surface area contributed by atoms with Gasteiger partial charge in [0, 0.05) is 13.0 Å². The fourth-order valence-electron chi connectivity index (χ4n) is 3.74. The molecule has 3 rings (SSSR count). The summed E-state index contributed by atoms with van der Waals surface area (Å²) in [7, 11) is 0. The molecule has 0 spiro atoms. The Bertz CT molecular complexity index is 821. The zero-order chi connectivity index (χ0) is 22.8. The van der Waals surface area contributed by atoms with Gasteiger partial charge >= 0.3 is 5.97 Å². The van der Waals surface area contributed by atoms with Crippen LogP contribution in [0.25, 0.3) is 0 Å². The number of hydrogen-bond donors (Lipinski definition) is 0. The normalized spacial score (nSPS) is 17.7. The molecule has 5 nitrogen and oxygen atoms in total. The third-order valence-corrected chi connectivity index (χ3v) is 5.22. The van der Waals surface area contributed by atoms with Gasteiger partial charge in [-0.05, 0) is 63.1 Å². The monoisotopic (exact) mass is 440 g/mol. The van der Waals surface area contributed by atoms with E-state index in [0.717, 1.165) is 43.4 Å². The number of carbonyl (C=O) groups is 1. The molecule has 2 aromatic carbocycles. The van der Waals surface area contributed by atoms with E-state index >= 15 is 0 Å².